The van der Waals surface area contributed by atoms with Gasteiger partial charge >= 0.3 is 5.97 Å². The second-order valence-corrected chi connectivity index (χ2v) is 7.15. The summed E-state index contributed by atoms with van der Waals surface area (Å²) in [5.41, 5.74) is 0. The molecular formula is C18H27ClO5. The second-order valence-electron chi connectivity index (χ2n) is 6.59. The second kappa shape index (κ2) is 10.2. The molecule has 2 fully saturated rings. The largest absolute Gasteiger partial charge is 0.481 e. The van der Waals surface area contributed by atoms with E-state index in [0.717, 1.165) is 45.0 Å². The number of ether oxygens (including phenoxy) is 2. The van der Waals surface area contributed by atoms with E-state index in [4.69, 9.17) is 26.2 Å². The molecule has 1 saturated carbocycles. The molecule has 0 radical (unpaired) electrons. The predicted octanol–water partition coefficient (Wildman–Crippen LogP) is 3.54. The molecule has 1 unspecified atom stereocenters. The van der Waals surface area contributed by atoms with Crippen molar-refractivity contribution in [3.63, 3.8) is 0 Å². The molecule has 0 aromatic rings. The van der Waals surface area contributed by atoms with Crippen LogP contribution in [0.1, 0.15) is 51.4 Å². The molecule has 5 nitrogen and oxygen atoms in total. The van der Waals surface area contributed by atoms with E-state index < -0.39 is 5.97 Å². The molecule has 24 heavy (non-hydrogen) atoms. The molecule has 5 atom stereocenters. The van der Waals surface area contributed by atoms with Crippen molar-refractivity contribution in [2.45, 2.75) is 69.1 Å². The summed E-state index contributed by atoms with van der Waals surface area (Å²) < 4.78 is 11.6. The number of hydrogen-bond acceptors (Lipinski definition) is 4. The van der Waals surface area contributed by atoms with Gasteiger partial charge in [0.2, 0.25) is 0 Å². The maximum Gasteiger partial charge on any atom is 0.303 e. The van der Waals surface area contributed by atoms with Crippen LogP contribution < -0.4 is 0 Å². The van der Waals surface area contributed by atoms with E-state index in [9.17, 15) is 9.59 Å². The molecular weight excluding hydrogens is 332 g/mol. The first-order chi connectivity index (χ1) is 11.6. The molecule has 1 saturated heterocycles. The summed E-state index contributed by atoms with van der Waals surface area (Å²) in [4.78, 5) is 22.0. The van der Waals surface area contributed by atoms with Crippen LogP contribution in [0, 0.1) is 11.8 Å². The van der Waals surface area contributed by atoms with E-state index in [2.05, 4.69) is 0 Å². The van der Waals surface area contributed by atoms with Gasteiger partial charge in [-0.1, -0.05) is 12.2 Å². The zero-order valence-electron chi connectivity index (χ0n) is 13.9. The lowest BCUT2D eigenvalue weighted by molar-refractivity contribution is -0.194. The number of alkyl halides is 1. The number of unbranched alkanes of at least 4 members (excludes halogenated alkanes) is 1. The van der Waals surface area contributed by atoms with Gasteiger partial charge in [-0.2, -0.15) is 0 Å². The maximum atomic E-state index is 11.6. The topological polar surface area (TPSA) is 72.8 Å². The van der Waals surface area contributed by atoms with Crippen LogP contribution in [-0.4, -0.2) is 41.7 Å². The fourth-order valence-electron chi connectivity index (χ4n) is 3.47. The molecule has 0 bridgehead atoms. The normalized spacial score (nSPS) is 33.8. The number of carboxylic acids is 1. The monoisotopic (exact) mass is 358 g/mol. The number of rotatable bonds is 9. The Labute approximate surface area is 148 Å². The lowest BCUT2D eigenvalue weighted by Crippen LogP contribution is -2.31. The number of carbonyl (C=O) groups is 2. The van der Waals surface area contributed by atoms with Crippen molar-refractivity contribution in [1.82, 2.24) is 0 Å². The van der Waals surface area contributed by atoms with E-state index in [1.807, 2.05) is 12.2 Å². The van der Waals surface area contributed by atoms with Crippen molar-refractivity contribution in [3.8, 4) is 0 Å². The number of hydrogen-bond donors (Lipinski definition) is 1. The van der Waals surface area contributed by atoms with E-state index in [0.29, 0.717) is 12.8 Å². The fraction of sp³-hybridized carbons (Fsp3) is 0.778. The van der Waals surface area contributed by atoms with Gasteiger partial charge in [0.25, 0.3) is 0 Å². The highest BCUT2D eigenvalue weighted by Crippen LogP contribution is 2.40. The van der Waals surface area contributed by atoms with E-state index >= 15 is 0 Å². The summed E-state index contributed by atoms with van der Waals surface area (Å²) in [7, 11) is 0. The van der Waals surface area contributed by atoms with Crippen molar-refractivity contribution in [2.24, 2.45) is 11.8 Å². The first-order valence-corrected chi connectivity index (χ1v) is 9.28. The first kappa shape index (κ1) is 19.4. The summed E-state index contributed by atoms with van der Waals surface area (Å²) in [6.45, 7) is 0.718. The van der Waals surface area contributed by atoms with Crippen LogP contribution in [0.4, 0.5) is 0 Å². The average Bonchev–Trinajstić information content (AvgIpc) is 2.86. The highest BCUT2D eigenvalue weighted by molar-refractivity contribution is 6.21. The lowest BCUT2D eigenvalue weighted by Gasteiger charge is -2.28. The number of carboxylic acid groups (broad SMARTS) is 1. The molecule has 1 N–H and O–H groups in total. The molecule has 2 aliphatic rings. The SMILES string of the molecule is O=C[C@@H]1[C@@H](C/C=C\CCCC(=O)O)[C@@H](Cl)C[C@H]1OC1CCCCO1. The maximum absolute atomic E-state index is 11.6. The average molecular weight is 359 g/mol. The van der Waals surface area contributed by atoms with Crippen molar-refractivity contribution in [1.29, 1.82) is 0 Å². The zero-order chi connectivity index (χ0) is 17.4. The van der Waals surface area contributed by atoms with E-state index in [-0.39, 0.29) is 36.0 Å². The Morgan fingerprint density at radius 2 is 2.17 bits per heavy atom. The van der Waals surface area contributed by atoms with Crippen LogP contribution >= 0.6 is 11.6 Å². The molecule has 0 aromatic carbocycles. The Morgan fingerprint density at radius 1 is 1.33 bits per heavy atom. The van der Waals surface area contributed by atoms with E-state index in [1.54, 1.807) is 0 Å². The molecule has 0 spiro atoms. The molecule has 1 aliphatic heterocycles. The predicted molar refractivity (Wildman–Crippen MR) is 91.0 cm³/mol. The number of allylic oxidation sites excluding steroid dienone is 2. The quantitative estimate of drug-likeness (QED) is 0.295. The minimum absolute atomic E-state index is 0.0634. The molecule has 1 aliphatic carbocycles. The molecule has 1 heterocycles. The summed E-state index contributed by atoms with van der Waals surface area (Å²) in [6, 6.07) is 0. The number of halogens is 1. The summed E-state index contributed by atoms with van der Waals surface area (Å²) in [5, 5.41) is 8.52. The summed E-state index contributed by atoms with van der Waals surface area (Å²) in [5.74, 6) is -0.916. The van der Waals surface area contributed by atoms with Crippen molar-refractivity contribution < 1.29 is 24.2 Å². The van der Waals surface area contributed by atoms with Crippen LogP contribution in [0.2, 0.25) is 0 Å². The minimum atomic E-state index is -0.772. The summed E-state index contributed by atoms with van der Waals surface area (Å²) in [6.07, 6.45) is 10.5. The van der Waals surface area contributed by atoms with E-state index in [1.165, 1.54) is 0 Å². The Bertz CT molecular complexity index is 433. The van der Waals surface area contributed by atoms with Gasteiger partial charge in [0.15, 0.2) is 6.29 Å². The summed E-state index contributed by atoms with van der Waals surface area (Å²) >= 11 is 6.45. The Hall–Kier alpha value is -0.910. The minimum Gasteiger partial charge on any atom is -0.481 e. The van der Waals surface area contributed by atoms with Crippen LogP contribution in [0.5, 0.6) is 0 Å². The van der Waals surface area contributed by atoms with Gasteiger partial charge in [-0.25, -0.2) is 0 Å². The molecule has 0 amide bonds. The lowest BCUT2D eigenvalue weighted by atomic mass is 9.92. The Balaban J connectivity index is 1.79. The Kier molecular flexibility index (Phi) is 8.22. The third-order valence-corrected chi connectivity index (χ3v) is 5.31. The molecule has 0 aromatic heterocycles. The van der Waals surface area contributed by atoms with Gasteiger partial charge in [0.1, 0.15) is 6.29 Å². The van der Waals surface area contributed by atoms with Gasteiger partial charge in [0, 0.05) is 24.3 Å². The molecule has 6 heteroatoms. The van der Waals surface area contributed by atoms with Crippen molar-refractivity contribution >= 4 is 23.9 Å². The van der Waals surface area contributed by atoms with Crippen molar-refractivity contribution in [3.05, 3.63) is 12.2 Å². The van der Waals surface area contributed by atoms with Crippen molar-refractivity contribution in [2.75, 3.05) is 6.61 Å². The number of aliphatic carboxylic acids is 1. The zero-order valence-corrected chi connectivity index (χ0v) is 14.7. The van der Waals surface area contributed by atoms with Gasteiger partial charge in [-0.05, 0) is 50.9 Å². The molecule has 136 valence electrons. The highest BCUT2D eigenvalue weighted by Gasteiger charge is 2.43. The smallest absolute Gasteiger partial charge is 0.303 e. The van der Waals surface area contributed by atoms with Gasteiger partial charge < -0.3 is 19.4 Å². The van der Waals surface area contributed by atoms with Gasteiger partial charge in [-0.3, -0.25) is 4.79 Å². The first-order valence-electron chi connectivity index (χ1n) is 8.85. The van der Waals surface area contributed by atoms with Crippen LogP contribution in [0.3, 0.4) is 0 Å². The fourth-order valence-corrected chi connectivity index (χ4v) is 3.91. The third kappa shape index (κ3) is 5.87. The molecule has 2 rings (SSSR count). The standard InChI is InChI=1S/C18H27ClO5/c19-15-11-16(24-18-9-5-6-10-23-18)14(12-20)13(15)7-3-1-2-4-8-17(21)22/h1,3,12-16,18H,2,4-11H2,(H,21,22)/b3-1-/t13-,14-,15+,16-,18?/m1/s1. The van der Waals surface area contributed by atoms with Crippen LogP contribution in [-0.2, 0) is 19.1 Å². The van der Waals surface area contributed by atoms with Crippen LogP contribution in [0.15, 0.2) is 12.2 Å². The number of aldehydes is 1. The highest BCUT2D eigenvalue weighted by atomic mass is 35.5. The Morgan fingerprint density at radius 3 is 2.83 bits per heavy atom. The van der Waals surface area contributed by atoms with Gasteiger partial charge in [0.05, 0.1) is 6.10 Å². The van der Waals surface area contributed by atoms with Crippen LogP contribution in [0.25, 0.3) is 0 Å². The number of carbonyl (C=O) groups excluding carboxylic acids is 1. The van der Waals surface area contributed by atoms with Gasteiger partial charge in [-0.15, -0.1) is 11.6 Å². The third-order valence-electron chi connectivity index (χ3n) is 4.80.